The van der Waals surface area contributed by atoms with Gasteiger partial charge in [0.2, 0.25) is 5.91 Å². The summed E-state index contributed by atoms with van der Waals surface area (Å²) in [6.45, 7) is 4.63. The standard InChI is InChI=1S/C18H24N2O4/c21-17(15-4-2-1-3-5-15)12-16-14-24-11-8-20(16)13-18(22)19-6-9-23-10-7-19/h1-5,16H,6-14H2. The molecule has 0 bridgehead atoms. The van der Waals surface area contributed by atoms with Gasteiger partial charge in [-0.3, -0.25) is 14.5 Å². The van der Waals surface area contributed by atoms with Crippen molar-refractivity contribution in [3.63, 3.8) is 0 Å². The number of ketones is 1. The lowest BCUT2D eigenvalue weighted by molar-refractivity contribution is -0.138. The van der Waals surface area contributed by atoms with Crippen molar-refractivity contribution >= 4 is 11.7 Å². The number of carbonyl (C=O) groups is 2. The average Bonchev–Trinajstić information content (AvgIpc) is 2.64. The summed E-state index contributed by atoms with van der Waals surface area (Å²) in [5.41, 5.74) is 0.711. The summed E-state index contributed by atoms with van der Waals surface area (Å²) in [5, 5.41) is 0. The van der Waals surface area contributed by atoms with Crippen LogP contribution >= 0.6 is 0 Å². The lowest BCUT2D eigenvalue weighted by Crippen LogP contribution is -2.52. The Morgan fingerprint density at radius 1 is 1.00 bits per heavy atom. The van der Waals surface area contributed by atoms with Gasteiger partial charge in [0, 0.05) is 37.7 Å². The van der Waals surface area contributed by atoms with Crippen LogP contribution in [0, 0.1) is 0 Å². The van der Waals surface area contributed by atoms with Gasteiger partial charge in [-0.25, -0.2) is 0 Å². The summed E-state index contributed by atoms with van der Waals surface area (Å²) in [6.07, 6.45) is 0.375. The molecule has 0 aromatic heterocycles. The molecule has 6 nitrogen and oxygen atoms in total. The quantitative estimate of drug-likeness (QED) is 0.747. The molecule has 2 saturated heterocycles. The van der Waals surface area contributed by atoms with Crippen molar-refractivity contribution in [2.75, 3.05) is 52.6 Å². The van der Waals surface area contributed by atoms with Crippen LogP contribution in [0.2, 0.25) is 0 Å². The maximum Gasteiger partial charge on any atom is 0.236 e. The Labute approximate surface area is 142 Å². The Balaban J connectivity index is 1.58. The third-order valence-electron chi connectivity index (χ3n) is 4.57. The molecule has 130 valence electrons. The van der Waals surface area contributed by atoms with E-state index in [2.05, 4.69) is 4.90 Å². The van der Waals surface area contributed by atoms with E-state index in [1.54, 1.807) is 0 Å². The van der Waals surface area contributed by atoms with E-state index in [1.165, 1.54) is 0 Å². The van der Waals surface area contributed by atoms with Gasteiger partial charge in [-0.15, -0.1) is 0 Å². The molecule has 0 aliphatic carbocycles. The van der Waals surface area contributed by atoms with Crippen molar-refractivity contribution in [1.29, 1.82) is 0 Å². The Morgan fingerprint density at radius 2 is 1.71 bits per heavy atom. The molecule has 0 N–H and O–H groups in total. The first kappa shape index (κ1) is 17.1. The molecule has 24 heavy (non-hydrogen) atoms. The van der Waals surface area contributed by atoms with Gasteiger partial charge in [0.1, 0.15) is 0 Å². The molecule has 2 aliphatic heterocycles. The molecule has 2 heterocycles. The second-order valence-corrected chi connectivity index (χ2v) is 6.19. The van der Waals surface area contributed by atoms with Crippen LogP contribution < -0.4 is 0 Å². The van der Waals surface area contributed by atoms with Gasteiger partial charge in [0.25, 0.3) is 0 Å². The van der Waals surface area contributed by atoms with E-state index in [0.717, 1.165) is 0 Å². The van der Waals surface area contributed by atoms with Gasteiger partial charge in [0.05, 0.1) is 33.0 Å². The normalized spacial score (nSPS) is 22.3. The number of Topliss-reactive ketones (excluding diaryl/α,β-unsaturated/α-hetero) is 1. The number of benzene rings is 1. The Kier molecular flexibility index (Phi) is 5.96. The Bertz CT molecular complexity index is 557. The number of hydrogen-bond acceptors (Lipinski definition) is 5. The minimum Gasteiger partial charge on any atom is -0.378 e. The van der Waals surface area contributed by atoms with Gasteiger partial charge < -0.3 is 14.4 Å². The predicted molar refractivity (Wildman–Crippen MR) is 89.0 cm³/mol. The number of rotatable bonds is 5. The third-order valence-corrected chi connectivity index (χ3v) is 4.57. The first-order valence-corrected chi connectivity index (χ1v) is 8.49. The summed E-state index contributed by atoms with van der Waals surface area (Å²) >= 11 is 0. The fraction of sp³-hybridized carbons (Fsp3) is 0.556. The summed E-state index contributed by atoms with van der Waals surface area (Å²) in [4.78, 5) is 28.9. The molecule has 2 fully saturated rings. The highest BCUT2D eigenvalue weighted by Gasteiger charge is 2.29. The fourth-order valence-electron chi connectivity index (χ4n) is 3.13. The summed E-state index contributed by atoms with van der Waals surface area (Å²) in [6, 6.07) is 9.24. The van der Waals surface area contributed by atoms with Crippen molar-refractivity contribution in [3.8, 4) is 0 Å². The fourth-order valence-corrected chi connectivity index (χ4v) is 3.13. The van der Waals surface area contributed by atoms with Gasteiger partial charge >= 0.3 is 0 Å². The molecule has 1 unspecified atom stereocenters. The van der Waals surface area contributed by atoms with Crippen LogP contribution in [0.1, 0.15) is 16.8 Å². The molecule has 0 spiro atoms. The maximum absolute atomic E-state index is 12.5. The largest absolute Gasteiger partial charge is 0.378 e. The zero-order valence-corrected chi connectivity index (χ0v) is 13.9. The molecule has 1 aromatic rings. The zero-order chi connectivity index (χ0) is 16.8. The monoisotopic (exact) mass is 332 g/mol. The Morgan fingerprint density at radius 3 is 2.46 bits per heavy atom. The third kappa shape index (κ3) is 4.41. The van der Waals surface area contributed by atoms with E-state index >= 15 is 0 Å². The van der Waals surface area contributed by atoms with E-state index in [0.29, 0.717) is 64.6 Å². The van der Waals surface area contributed by atoms with Crippen LogP contribution in [0.25, 0.3) is 0 Å². The molecule has 1 amide bonds. The van der Waals surface area contributed by atoms with Crippen LogP contribution in [0.15, 0.2) is 30.3 Å². The van der Waals surface area contributed by atoms with Crippen molar-refractivity contribution in [2.24, 2.45) is 0 Å². The number of hydrogen-bond donors (Lipinski definition) is 0. The second kappa shape index (κ2) is 8.37. The van der Waals surface area contributed by atoms with E-state index in [9.17, 15) is 9.59 Å². The summed E-state index contributed by atoms with van der Waals surface area (Å²) < 4.78 is 10.8. The van der Waals surface area contributed by atoms with E-state index in [4.69, 9.17) is 9.47 Å². The molecule has 1 aromatic carbocycles. The SMILES string of the molecule is O=C(CC1COCCN1CC(=O)N1CCOCC1)c1ccccc1. The Hall–Kier alpha value is -1.76. The molecule has 0 saturated carbocycles. The number of carbonyl (C=O) groups excluding carboxylic acids is 2. The topological polar surface area (TPSA) is 59.1 Å². The maximum atomic E-state index is 12.5. The molecule has 0 radical (unpaired) electrons. The van der Waals surface area contributed by atoms with Crippen LogP contribution in [0.5, 0.6) is 0 Å². The highest BCUT2D eigenvalue weighted by Crippen LogP contribution is 2.15. The molecule has 1 atom stereocenters. The van der Waals surface area contributed by atoms with Crippen LogP contribution in [-0.2, 0) is 14.3 Å². The molecule has 6 heteroatoms. The number of amides is 1. The highest BCUT2D eigenvalue weighted by molar-refractivity contribution is 5.96. The number of nitrogens with zero attached hydrogens (tertiary/aromatic N) is 2. The van der Waals surface area contributed by atoms with E-state index in [1.807, 2.05) is 35.2 Å². The molecule has 3 rings (SSSR count). The van der Waals surface area contributed by atoms with Gasteiger partial charge in [0.15, 0.2) is 5.78 Å². The molecule has 2 aliphatic rings. The first-order valence-electron chi connectivity index (χ1n) is 8.49. The zero-order valence-electron chi connectivity index (χ0n) is 13.9. The van der Waals surface area contributed by atoms with Crippen molar-refractivity contribution in [3.05, 3.63) is 35.9 Å². The van der Waals surface area contributed by atoms with Crippen LogP contribution in [-0.4, -0.2) is 80.1 Å². The predicted octanol–water partition coefficient (Wildman–Crippen LogP) is 0.819. The first-order chi connectivity index (χ1) is 11.7. The summed E-state index contributed by atoms with van der Waals surface area (Å²) in [7, 11) is 0. The second-order valence-electron chi connectivity index (χ2n) is 6.19. The average molecular weight is 332 g/mol. The van der Waals surface area contributed by atoms with Crippen molar-refractivity contribution in [2.45, 2.75) is 12.5 Å². The number of ether oxygens (including phenoxy) is 2. The molecular formula is C18H24N2O4. The van der Waals surface area contributed by atoms with Gasteiger partial charge in [-0.1, -0.05) is 30.3 Å². The van der Waals surface area contributed by atoms with E-state index < -0.39 is 0 Å². The van der Waals surface area contributed by atoms with Gasteiger partial charge in [-0.05, 0) is 0 Å². The van der Waals surface area contributed by atoms with Crippen molar-refractivity contribution < 1.29 is 19.1 Å². The smallest absolute Gasteiger partial charge is 0.236 e. The minimum atomic E-state index is -0.0450. The number of morpholine rings is 2. The van der Waals surface area contributed by atoms with E-state index in [-0.39, 0.29) is 17.7 Å². The van der Waals surface area contributed by atoms with Crippen LogP contribution in [0.3, 0.4) is 0 Å². The lowest BCUT2D eigenvalue weighted by Gasteiger charge is -2.36. The minimum absolute atomic E-state index is 0.0450. The van der Waals surface area contributed by atoms with Crippen molar-refractivity contribution in [1.82, 2.24) is 9.80 Å². The van der Waals surface area contributed by atoms with Crippen LogP contribution in [0.4, 0.5) is 0 Å². The van der Waals surface area contributed by atoms with Gasteiger partial charge in [-0.2, -0.15) is 0 Å². The lowest BCUT2D eigenvalue weighted by atomic mass is 10.0. The highest BCUT2D eigenvalue weighted by atomic mass is 16.5. The molecular weight excluding hydrogens is 308 g/mol. The summed E-state index contributed by atoms with van der Waals surface area (Å²) in [5.74, 6) is 0.201.